The summed E-state index contributed by atoms with van der Waals surface area (Å²) in [7, 11) is 0. The third kappa shape index (κ3) is 3.01. The quantitative estimate of drug-likeness (QED) is 0.779. The Kier molecular flexibility index (Phi) is 3.34. The van der Waals surface area contributed by atoms with E-state index in [-0.39, 0.29) is 0 Å². The van der Waals surface area contributed by atoms with E-state index in [1.165, 1.54) is 5.56 Å². The normalized spacial score (nSPS) is 26.5. The van der Waals surface area contributed by atoms with E-state index in [1.807, 2.05) is 12.1 Å². The van der Waals surface area contributed by atoms with Gasteiger partial charge in [-0.2, -0.15) is 0 Å². The van der Waals surface area contributed by atoms with Crippen molar-refractivity contribution >= 4 is 0 Å². The zero-order valence-corrected chi connectivity index (χ0v) is 8.95. The van der Waals surface area contributed by atoms with Crippen LogP contribution < -0.4 is 5.32 Å². The third-order valence-electron chi connectivity index (χ3n) is 3.08. The maximum absolute atomic E-state index is 10.3. The fourth-order valence-corrected chi connectivity index (χ4v) is 2.09. The Morgan fingerprint density at radius 3 is 2.87 bits per heavy atom. The van der Waals surface area contributed by atoms with Crippen LogP contribution in [-0.4, -0.2) is 28.8 Å². The van der Waals surface area contributed by atoms with E-state index in [0.717, 1.165) is 38.8 Å². The molecule has 0 radical (unpaired) electrons. The van der Waals surface area contributed by atoms with Gasteiger partial charge in [-0.05, 0) is 49.9 Å². The molecule has 1 saturated heterocycles. The van der Waals surface area contributed by atoms with Crippen LogP contribution in [0.1, 0.15) is 24.8 Å². The molecule has 2 N–H and O–H groups in total. The largest absolute Gasteiger partial charge is 0.389 e. The Morgan fingerprint density at radius 1 is 1.40 bits per heavy atom. The fourth-order valence-electron chi connectivity index (χ4n) is 2.09. The molecule has 0 saturated carbocycles. The van der Waals surface area contributed by atoms with Crippen LogP contribution in [0.4, 0.5) is 0 Å². The summed E-state index contributed by atoms with van der Waals surface area (Å²) >= 11 is 0. The van der Waals surface area contributed by atoms with Crippen LogP contribution in [0, 0.1) is 0 Å². The van der Waals surface area contributed by atoms with Crippen molar-refractivity contribution in [1.29, 1.82) is 0 Å². The molecule has 1 atom stereocenters. The van der Waals surface area contributed by atoms with Gasteiger partial charge in [0, 0.05) is 18.9 Å². The maximum Gasteiger partial charge on any atom is 0.0775 e. The van der Waals surface area contributed by atoms with Crippen LogP contribution >= 0.6 is 0 Å². The molecule has 0 aromatic carbocycles. The number of pyridine rings is 1. The molecule has 3 heteroatoms. The smallest absolute Gasteiger partial charge is 0.0775 e. The van der Waals surface area contributed by atoms with Gasteiger partial charge in [-0.1, -0.05) is 0 Å². The lowest BCUT2D eigenvalue weighted by Crippen LogP contribution is -2.45. The summed E-state index contributed by atoms with van der Waals surface area (Å²) in [4.78, 5) is 3.98. The number of hydrogen-bond acceptors (Lipinski definition) is 3. The number of piperidine rings is 1. The zero-order valence-electron chi connectivity index (χ0n) is 8.95. The molecule has 1 unspecified atom stereocenters. The van der Waals surface area contributed by atoms with Gasteiger partial charge in [0.25, 0.3) is 0 Å². The first-order chi connectivity index (χ1) is 7.29. The molecule has 2 heterocycles. The van der Waals surface area contributed by atoms with Gasteiger partial charge in [0.05, 0.1) is 5.60 Å². The number of β-amino-alcohol motifs (C(OH)–C–C–N with tert-alkyl or cyclic N) is 1. The molecule has 0 aliphatic carbocycles. The summed E-state index contributed by atoms with van der Waals surface area (Å²) in [6.07, 6.45) is 7.37. The topological polar surface area (TPSA) is 45.2 Å². The Balaban J connectivity index is 1.87. The van der Waals surface area contributed by atoms with E-state index in [4.69, 9.17) is 0 Å². The van der Waals surface area contributed by atoms with Crippen LogP contribution in [0.5, 0.6) is 0 Å². The van der Waals surface area contributed by atoms with Gasteiger partial charge in [0.1, 0.15) is 0 Å². The summed E-state index contributed by atoms with van der Waals surface area (Å²) in [5.41, 5.74) is 0.755. The van der Waals surface area contributed by atoms with Crippen LogP contribution in [0.15, 0.2) is 24.5 Å². The number of hydrogen-bond donors (Lipinski definition) is 2. The average molecular weight is 206 g/mol. The highest BCUT2D eigenvalue weighted by Gasteiger charge is 2.28. The number of nitrogens with zero attached hydrogens (tertiary/aromatic N) is 1. The van der Waals surface area contributed by atoms with Crippen molar-refractivity contribution in [2.24, 2.45) is 0 Å². The van der Waals surface area contributed by atoms with E-state index in [0.29, 0.717) is 0 Å². The third-order valence-corrected chi connectivity index (χ3v) is 3.08. The van der Waals surface area contributed by atoms with Gasteiger partial charge in [0.2, 0.25) is 0 Å². The first-order valence-electron chi connectivity index (χ1n) is 5.61. The Bertz CT molecular complexity index is 294. The average Bonchev–Trinajstić information content (AvgIpc) is 2.29. The summed E-state index contributed by atoms with van der Waals surface area (Å²) < 4.78 is 0. The number of aliphatic hydroxyl groups is 1. The van der Waals surface area contributed by atoms with Gasteiger partial charge >= 0.3 is 0 Å². The number of nitrogens with one attached hydrogen (secondary N) is 1. The molecule has 1 fully saturated rings. The van der Waals surface area contributed by atoms with Crippen molar-refractivity contribution in [1.82, 2.24) is 10.3 Å². The molecule has 1 aromatic rings. The summed E-state index contributed by atoms with van der Waals surface area (Å²) in [5.74, 6) is 0. The van der Waals surface area contributed by atoms with Gasteiger partial charge in [-0.25, -0.2) is 0 Å². The predicted octanol–water partition coefficient (Wildman–Crippen LogP) is 1.13. The Hall–Kier alpha value is -0.930. The lowest BCUT2D eigenvalue weighted by Gasteiger charge is -2.32. The van der Waals surface area contributed by atoms with Crippen molar-refractivity contribution in [3.63, 3.8) is 0 Å². The molecule has 2 rings (SSSR count). The van der Waals surface area contributed by atoms with E-state index >= 15 is 0 Å². The number of rotatable bonds is 3. The molecular formula is C12H18N2O. The number of aryl methyl sites for hydroxylation is 1. The minimum absolute atomic E-state index is 0.498. The summed E-state index contributed by atoms with van der Waals surface area (Å²) in [6, 6.07) is 4.03. The van der Waals surface area contributed by atoms with Crippen LogP contribution in [0.2, 0.25) is 0 Å². The molecular weight excluding hydrogens is 188 g/mol. The Labute approximate surface area is 90.5 Å². The van der Waals surface area contributed by atoms with Crippen LogP contribution in [0.25, 0.3) is 0 Å². The van der Waals surface area contributed by atoms with Crippen molar-refractivity contribution in [2.45, 2.75) is 31.3 Å². The second kappa shape index (κ2) is 4.73. The van der Waals surface area contributed by atoms with E-state index in [9.17, 15) is 5.11 Å². The molecule has 1 aromatic heterocycles. The van der Waals surface area contributed by atoms with Crippen molar-refractivity contribution in [2.75, 3.05) is 13.1 Å². The van der Waals surface area contributed by atoms with E-state index in [2.05, 4.69) is 10.3 Å². The lowest BCUT2D eigenvalue weighted by atomic mass is 9.88. The first kappa shape index (κ1) is 10.6. The molecule has 3 nitrogen and oxygen atoms in total. The molecule has 15 heavy (non-hydrogen) atoms. The molecule has 0 bridgehead atoms. The minimum atomic E-state index is -0.498. The first-order valence-corrected chi connectivity index (χ1v) is 5.61. The predicted molar refractivity (Wildman–Crippen MR) is 59.6 cm³/mol. The fraction of sp³-hybridized carbons (Fsp3) is 0.583. The monoisotopic (exact) mass is 206 g/mol. The zero-order chi connectivity index (χ0) is 10.6. The number of aromatic nitrogens is 1. The van der Waals surface area contributed by atoms with Crippen LogP contribution in [0.3, 0.4) is 0 Å². The summed E-state index contributed by atoms with van der Waals surface area (Å²) in [6.45, 7) is 1.77. The maximum atomic E-state index is 10.3. The molecule has 0 amide bonds. The highest BCUT2D eigenvalue weighted by Crippen LogP contribution is 2.21. The molecule has 1 aliphatic heterocycles. The van der Waals surface area contributed by atoms with Gasteiger partial charge < -0.3 is 10.4 Å². The molecule has 1 aliphatic rings. The van der Waals surface area contributed by atoms with Crippen molar-refractivity contribution in [3.05, 3.63) is 30.1 Å². The minimum Gasteiger partial charge on any atom is -0.389 e. The second-order valence-electron chi connectivity index (χ2n) is 4.36. The SMILES string of the molecule is OC1(CCc2ccncc2)CCCNC1. The van der Waals surface area contributed by atoms with Gasteiger partial charge in [-0.3, -0.25) is 4.98 Å². The second-order valence-corrected chi connectivity index (χ2v) is 4.36. The van der Waals surface area contributed by atoms with Crippen molar-refractivity contribution < 1.29 is 5.11 Å². The highest BCUT2D eigenvalue weighted by molar-refractivity contribution is 5.10. The lowest BCUT2D eigenvalue weighted by molar-refractivity contribution is 0.00888. The summed E-state index contributed by atoms with van der Waals surface area (Å²) in [5, 5.41) is 13.5. The Morgan fingerprint density at radius 2 is 2.20 bits per heavy atom. The van der Waals surface area contributed by atoms with Crippen LogP contribution in [-0.2, 0) is 6.42 Å². The van der Waals surface area contributed by atoms with Gasteiger partial charge in [0.15, 0.2) is 0 Å². The van der Waals surface area contributed by atoms with E-state index in [1.54, 1.807) is 12.4 Å². The molecule has 82 valence electrons. The van der Waals surface area contributed by atoms with Gasteiger partial charge in [-0.15, -0.1) is 0 Å². The molecule has 0 spiro atoms. The standard InChI is InChI=1S/C12H18N2O/c15-12(5-1-7-14-10-12)6-2-11-3-8-13-9-4-11/h3-4,8-9,14-15H,1-2,5-7,10H2. The van der Waals surface area contributed by atoms with Crippen molar-refractivity contribution in [3.8, 4) is 0 Å². The van der Waals surface area contributed by atoms with E-state index < -0.39 is 5.60 Å². The highest BCUT2D eigenvalue weighted by atomic mass is 16.3.